The van der Waals surface area contributed by atoms with Gasteiger partial charge in [-0.2, -0.15) is 0 Å². The van der Waals surface area contributed by atoms with E-state index >= 15 is 0 Å². The number of nitrogens with one attached hydrogen (secondary N) is 2. The highest BCUT2D eigenvalue weighted by atomic mass is 35.5. The molecule has 1 aliphatic rings. The number of amides is 1. The third-order valence-corrected chi connectivity index (χ3v) is 3.51. The van der Waals surface area contributed by atoms with Crippen molar-refractivity contribution in [1.29, 1.82) is 0 Å². The van der Waals surface area contributed by atoms with Crippen LogP contribution in [0, 0.1) is 5.92 Å². The molecular formula is C14H21ClN2O2. The summed E-state index contributed by atoms with van der Waals surface area (Å²) in [4.78, 5) is 10.9. The highest BCUT2D eigenvalue weighted by Crippen LogP contribution is 2.18. The van der Waals surface area contributed by atoms with Gasteiger partial charge in [-0.3, -0.25) is 0 Å². The smallest absolute Gasteiger partial charge is 0.404 e. The van der Waals surface area contributed by atoms with E-state index in [0.29, 0.717) is 5.92 Å². The maximum Gasteiger partial charge on any atom is 0.404 e. The second-order valence-corrected chi connectivity index (χ2v) is 4.85. The lowest BCUT2D eigenvalue weighted by atomic mass is 9.88. The van der Waals surface area contributed by atoms with E-state index in [1.807, 2.05) is 30.3 Å². The molecule has 2 rings (SSSR count). The Morgan fingerprint density at radius 3 is 2.74 bits per heavy atom. The Labute approximate surface area is 120 Å². The van der Waals surface area contributed by atoms with Crippen LogP contribution in [0.1, 0.15) is 18.4 Å². The molecule has 4 nitrogen and oxygen atoms in total. The molecule has 0 aliphatic carbocycles. The first-order valence-corrected chi connectivity index (χ1v) is 6.50. The topological polar surface area (TPSA) is 61.4 Å². The number of piperidine rings is 1. The van der Waals surface area contributed by atoms with Gasteiger partial charge in [0.05, 0.1) is 0 Å². The molecule has 0 aromatic heterocycles. The minimum atomic E-state index is -0.929. The van der Waals surface area contributed by atoms with Gasteiger partial charge in [-0.15, -0.1) is 12.4 Å². The maximum atomic E-state index is 10.9. The van der Waals surface area contributed by atoms with Crippen LogP contribution in [0.25, 0.3) is 0 Å². The van der Waals surface area contributed by atoms with E-state index in [1.54, 1.807) is 0 Å². The highest BCUT2D eigenvalue weighted by Gasteiger charge is 2.25. The van der Waals surface area contributed by atoms with Gasteiger partial charge < -0.3 is 15.7 Å². The lowest BCUT2D eigenvalue weighted by molar-refractivity contribution is 0.180. The molecule has 1 aromatic rings. The van der Waals surface area contributed by atoms with E-state index in [-0.39, 0.29) is 18.4 Å². The predicted molar refractivity (Wildman–Crippen MR) is 77.9 cm³/mol. The number of hydrogen-bond donors (Lipinski definition) is 3. The Bertz CT molecular complexity index is 380. The molecule has 19 heavy (non-hydrogen) atoms. The van der Waals surface area contributed by atoms with Crippen molar-refractivity contribution >= 4 is 18.5 Å². The largest absolute Gasteiger partial charge is 0.465 e. The fraction of sp³-hybridized carbons (Fsp3) is 0.500. The number of halogens is 1. The van der Waals surface area contributed by atoms with Gasteiger partial charge in [0.25, 0.3) is 0 Å². The fourth-order valence-corrected chi connectivity index (χ4v) is 2.58. The Balaban J connectivity index is 0.00000180. The first-order chi connectivity index (χ1) is 8.75. The zero-order chi connectivity index (χ0) is 12.8. The zero-order valence-corrected chi connectivity index (χ0v) is 11.7. The molecule has 5 heteroatoms. The number of carbonyl (C=O) groups is 1. The van der Waals surface area contributed by atoms with E-state index in [9.17, 15) is 4.79 Å². The third kappa shape index (κ3) is 5.09. The summed E-state index contributed by atoms with van der Waals surface area (Å²) in [6.45, 7) is 1.94. The van der Waals surface area contributed by atoms with Crippen molar-refractivity contribution in [3.8, 4) is 0 Å². The molecule has 0 radical (unpaired) electrons. The van der Waals surface area contributed by atoms with E-state index in [1.165, 1.54) is 5.56 Å². The van der Waals surface area contributed by atoms with Crippen LogP contribution in [-0.2, 0) is 6.42 Å². The second-order valence-electron chi connectivity index (χ2n) is 4.85. The van der Waals surface area contributed by atoms with E-state index < -0.39 is 6.09 Å². The van der Waals surface area contributed by atoms with Gasteiger partial charge in [-0.05, 0) is 43.8 Å². The van der Waals surface area contributed by atoms with Crippen LogP contribution in [0.3, 0.4) is 0 Å². The lowest BCUT2D eigenvalue weighted by Gasteiger charge is -2.30. The van der Waals surface area contributed by atoms with Gasteiger partial charge in [0, 0.05) is 6.04 Å². The summed E-state index contributed by atoms with van der Waals surface area (Å²) < 4.78 is 0. The van der Waals surface area contributed by atoms with E-state index in [2.05, 4.69) is 10.6 Å². The van der Waals surface area contributed by atoms with Crippen molar-refractivity contribution in [2.45, 2.75) is 25.3 Å². The molecule has 0 saturated carbocycles. The summed E-state index contributed by atoms with van der Waals surface area (Å²) >= 11 is 0. The minimum absolute atomic E-state index is 0. The molecular weight excluding hydrogens is 264 g/mol. The summed E-state index contributed by atoms with van der Waals surface area (Å²) in [5, 5.41) is 15.0. The Morgan fingerprint density at radius 2 is 2.16 bits per heavy atom. The molecule has 1 aliphatic heterocycles. The van der Waals surface area contributed by atoms with Gasteiger partial charge in [0.1, 0.15) is 0 Å². The van der Waals surface area contributed by atoms with Crippen LogP contribution >= 0.6 is 12.4 Å². The van der Waals surface area contributed by atoms with E-state index in [0.717, 1.165) is 32.4 Å². The number of hydrogen-bond acceptors (Lipinski definition) is 2. The summed E-state index contributed by atoms with van der Waals surface area (Å²) in [5.41, 5.74) is 1.18. The minimum Gasteiger partial charge on any atom is -0.465 e. The Kier molecular flexibility index (Phi) is 6.67. The van der Waals surface area contributed by atoms with Crippen LogP contribution in [0.2, 0.25) is 0 Å². The molecule has 3 N–H and O–H groups in total. The van der Waals surface area contributed by atoms with Crippen molar-refractivity contribution in [3.05, 3.63) is 35.9 Å². The maximum absolute atomic E-state index is 10.9. The summed E-state index contributed by atoms with van der Waals surface area (Å²) in [7, 11) is 0. The van der Waals surface area contributed by atoms with Gasteiger partial charge in [-0.1, -0.05) is 30.3 Å². The van der Waals surface area contributed by atoms with Crippen LogP contribution in [-0.4, -0.2) is 30.3 Å². The van der Waals surface area contributed by atoms with Crippen LogP contribution < -0.4 is 10.6 Å². The summed E-state index contributed by atoms with van der Waals surface area (Å²) in [5.74, 6) is 0.384. The standard InChI is InChI=1S/C14H20N2O2.ClH/c17-14(18)16-13(12-7-4-8-15-10-12)9-11-5-2-1-3-6-11;/h1-3,5-6,12-13,15-16H,4,7-10H2,(H,17,18);1H/t12-,13?;/m1./s1. The Morgan fingerprint density at radius 1 is 1.42 bits per heavy atom. The average Bonchev–Trinajstić information content (AvgIpc) is 2.40. The van der Waals surface area contributed by atoms with Crippen molar-refractivity contribution in [2.24, 2.45) is 5.92 Å². The number of carboxylic acid groups (broad SMARTS) is 1. The van der Waals surface area contributed by atoms with Crippen molar-refractivity contribution in [2.75, 3.05) is 13.1 Å². The Hall–Kier alpha value is -1.26. The van der Waals surface area contributed by atoms with Gasteiger partial charge in [0.2, 0.25) is 0 Å². The third-order valence-electron chi connectivity index (χ3n) is 3.51. The van der Waals surface area contributed by atoms with Gasteiger partial charge in [-0.25, -0.2) is 4.79 Å². The molecule has 0 spiro atoms. The average molecular weight is 285 g/mol. The van der Waals surface area contributed by atoms with Crippen molar-refractivity contribution in [1.82, 2.24) is 10.6 Å². The van der Waals surface area contributed by atoms with Crippen LogP contribution in [0.4, 0.5) is 4.79 Å². The normalized spacial score (nSPS) is 20.1. The number of rotatable bonds is 4. The van der Waals surface area contributed by atoms with Crippen molar-refractivity contribution < 1.29 is 9.90 Å². The first kappa shape index (κ1) is 15.8. The molecule has 106 valence electrons. The SMILES string of the molecule is Cl.O=C(O)NC(Cc1ccccc1)[C@@H]1CCCNC1. The molecule has 1 amide bonds. The molecule has 2 atom stereocenters. The molecule has 0 bridgehead atoms. The van der Waals surface area contributed by atoms with Gasteiger partial charge in [0.15, 0.2) is 0 Å². The first-order valence-electron chi connectivity index (χ1n) is 6.50. The second kappa shape index (κ2) is 8.02. The quantitative estimate of drug-likeness (QED) is 0.795. The monoisotopic (exact) mass is 284 g/mol. The van der Waals surface area contributed by atoms with Crippen LogP contribution in [0.5, 0.6) is 0 Å². The lowest BCUT2D eigenvalue weighted by Crippen LogP contribution is -2.47. The molecule has 1 fully saturated rings. The fourth-order valence-electron chi connectivity index (χ4n) is 2.58. The van der Waals surface area contributed by atoms with Crippen molar-refractivity contribution in [3.63, 3.8) is 0 Å². The molecule has 1 saturated heterocycles. The van der Waals surface area contributed by atoms with Crippen LogP contribution in [0.15, 0.2) is 30.3 Å². The highest BCUT2D eigenvalue weighted by molar-refractivity contribution is 5.85. The molecule has 1 unspecified atom stereocenters. The van der Waals surface area contributed by atoms with E-state index in [4.69, 9.17) is 5.11 Å². The summed E-state index contributed by atoms with van der Waals surface area (Å²) in [6.07, 6.45) is 2.04. The molecule has 1 heterocycles. The summed E-state index contributed by atoms with van der Waals surface area (Å²) in [6, 6.07) is 10.1. The molecule has 1 aromatic carbocycles. The zero-order valence-electron chi connectivity index (χ0n) is 10.8. The predicted octanol–water partition coefficient (Wildman–Crippen LogP) is 2.29. The number of benzene rings is 1. The van der Waals surface area contributed by atoms with Gasteiger partial charge >= 0.3 is 6.09 Å².